The molecule has 0 bridgehead atoms. The van der Waals surface area contributed by atoms with E-state index in [0.717, 1.165) is 0 Å². The minimum Gasteiger partial charge on any atom is -0.0622 e. The molecule has 0 saturated heterocycles. The standard InChI is InChI=1S/C35H26/c1-35(2)32-16-10-9-15-29(32)33-30-21-25(23-11-5-3-6-12-23)17-19-27(30)28-20-18-26(22-31(28)34(33)35)24-13-7-4-8-14-24/h3-22H,1-2H3. The summed E-state index contributed by atoms with van der Waals surface area (Å²) in [7, 11) is 0. The summed E-state index contributed by atoms with van der Waals surface area (Å²) in [5.41, 5.74) is 10.6. The van der Waals surface area contributed by atoms with Gasteiger partial charge in [0.05, 0.1) is 0 Å². The lowest BCUT2D eigenvalue weighted by Crippen LogP contribution is -2.15. The van der Waals surface area contributed by atoms with Gasteiger partial charge in [-0.1, -0.05) is 123 Å². The second kappa shape index (κ2) is 7.42. The Bertz CT molecular complexity index is 1740. The minimum atomic E-state index is -0.0730. The normalized spacial score (nSPS) is 13.7. The zero-order chi connectivity index (χ0) is 23.6. The molecule has 35 heavy (non-hydrogen) atoms. The Morgan fingerprint density at radius 2 is 0.943 bits per heavy atom. The highest BCUT2D eigenvalue weighted by molar-refractivity contribution is 6.19. The Morgan fingerprint density at radius 3 is 1.57 bits per heavy atom. The summed E-state index contributed by atoms with van der Waals surface area (Å²) in [5, 5.41) is 5.37. The predicted octanol–water partition coefficient (Wildman–Crippen LogP) is 9.63. The zero-order valence-corrected chi connectivity index (χ0v) is 20.0. The van der Waals surface area contributed by atoms with Crippen LogP contribution in [0.25, 0.3) is 54.9 Å². The van der Waals surface area contributed by atoms with Crippen LogP contribution in [-0.4, -0.2) is 0 Å². The molecule has 0 radical (unpaired) electrons. The molecule has 0 N–H and O–H groups in total. The average Bonchev–Trinajstić information content (AvgIpc) is 3.17. The molecule has 0 atom stereocenters. The summed E-state index contributed by atoms with van der Waals surface area (Å²) >= 11 is 0. The van der Waals surface area contributed by atoms with Gasteiger partial charge in [0.2, 0.25) is 0 Å². The quantitative estimate of drug-likeness (QED) is 0.232. The van der Waals surface area contributed by atoms with E-state index in [-0.39, 0.29) is 5.41 Å². The largest absolute Gasteiger partial charge is 0.0622 e. The first kappa shape index (κ1) is 20.2. The Morgan fingerprint density at radius 1 is 0.429 bits per heavy atom. The van der Waals surface area contributed by atoms with Gasteiger partial charge in [-0.2, -0.15) is 0 Å². The number of hydrogen-bond donors (Lipinski definition) is 0. The van der Waals surface area contributed by atoms with Crippen molar-refractivity contribution in [1.82, 2.24) is 0 Å². The van der Waals surface area contributed by atoms with Gasteiger partial charge in [-0.05, 0) is 78.2 Å². The molecule has 0 aromatic heterocycles. The topological polar surface area (TPSA) is 0 Å². The van der Waals surface area contributed by atoms with E-state index in [9.17, 15) is 0 Å². The maximum atomic E-state index is 2.42. The molecule has 1 aliphatic rings. The number of rotatable bonds is 2. The van der Waals surface area contributed by atoms with Gasteiger partial charge in [0.25, 0.3) is 0 Å². The van der Waals surface area contributed by atoms with Crippen molar-refractivity contribution >= 4 is 21.5 Å². The fourth-order valence-electron chi connectivity index (χ4n) is 6.17. The summed E-state index contributed by atoms with van der Waals surface area (Å²) in [6.07, 6.45) is 0. The van der Waals surface area contributed by atoms with Gasteiger partial charge < -0.3 is 0 Å². The first-order valence-corrected chi connectivity index (χ1v) is 12.4. The molecule has 7 rings (SSSR count). The molecule has 1 aliphatic carbocycles. The smallest absolute Gasteiger partial charge is 0.0165 e. The van der Waals surface area contributed by atoms with Crippen LogP contribution in [0.15, 0.2) is 121 Å². The molecule has 0 heteroatoms. The first-order chi connectivity index (χ1) is 17.1. The fraction of sp³-hybridized carbons (Fsp3) is 0.0857. The van der Waals surface area contributed by atoms with Gasteiger partial charge in [-0.3, -0.25) is 0 Å². The third-order valence-corrected chi connectivity index (χ3v) is 7.83. The maximum Gasteiger partial charge on any atom is 0.0165 e. The molecule has 0 unspecified atom stereocenters. The summed E-state index contributed by atoms with van der Waals surface area (Å²) in [4.78, 5) is 0. The van der Waals surface area contributed by atoms with Crippen molar-refractivity contribution in [3.63, 3.8) is 0 Å². The van der Waals surface area contributed by atoms with Crippen LogP contribution in [0.5, 0.6) is 0 Å². The van der Waals surface area contributed by atoms with Gasteiger partial charge in [-0.25, -0.2) is 0 Å². The van der Waals surface area contributed by atoms with Crippen LogP contribution < -0.4 is 0 Å². The van der Waals surface area contributed by atoms with E-state index in [4.69, 9.17) is 0 Å². The second-order valence-corrected chi connectivity index (χ2v) is 10.2. The Kier molecular flexibility index (Phi) is 4.29. The van der Waals surface area contributed by atoms with E-state index in [1.807, 2.05) is 0 Å². The van der Waals surface area contributed by atoms with Crippen LogP contribution in [0.2, 0.25) is 0 Å². The first-order valence-electron chi connectivity index (χ1n) is 12.4. The van der Waals surface area contributed by atoms with Gasteiger partial charge in [-0.15, -0.1) is 0 Å². The summed E-state index contributed by atoms with van der Waals surface area (Å²) < 4.78 is 0. The van der Waals surface area contributed by atoms with Crippen LogP contribution in [-0.2, 0) is 5.41 Å². The third kappa shape index (κ3) is 2.93. The summed E-state index contributed by atoms with van der Waals surface area (Å²) in [6, 6.07) is 44.5. The monoisotopic (exact) mass is 446 g/mol. The Balaban J connectivity index is 1.63. The lowest BCUT2D eigenvalue weighted by atomic mass is 9.78. The predicted molar refractivity (Wildman–Crippen MR) is 150 cm³/mol. The highest BCUT2D eigenvalue weighted by Gasteiger charge is 2.38. The molecule has 0 nitrogen and oxygen atoms in total. The van der Waals surface area contributed by atoms with Crippen molar-refractivity contribution in [1.29, 1.82) is 0 Å². The molecule has 0 saturated carbocycles. The Labute approximate surface area is 206 Å². The van der Waals surface area contributed by atoms with E-state index in [2.05, 4.69) is 135 Å². The highest BCUT2D eigenvalue weighted by Crippen LogP contribution is 2.55. The summed E-state index contributed by atoms with van der Waals surface area (Å²) in [5.74, 6) is 0. The van der Waals surface area contributed by atoms with Crippen LogP contribution in [0.3, 0.4) is 0 Å². The zero-order valence-electron chi connectivity index (χ0n) is 20.0. The van der Waals surface area contributed by atoms with Gasteiger partial charge in [0.15, 0.2) is 0 Å². The molecule has 0 fully saturated rings. The van der Waals surface area contributed by atoms with E-state index in [0.29, 0.717) is 0 Å². The Hall–Kier alpha value is -4.16. The minimum absolute atomic E-state index is 0.0730. The number of hydrogen-bond acceptors (Lipinski definition) is 0. The fourth-order valence-corrected chi connectivity index (χ4v) is 6.17. The van der Waals surface area contributed by atoms with Crippen LogP contribution >= 0.6 is 0 Å². The van der Waals surface area contributed by atoms with Crippen molar-refractivity contribution in [3.8, 4) is 33.4 Å². The number of benzene rings is 6. The second-order valence-electron chi connectivity index (χ2n) is 10.2. The molecule has 0 spiro atoms. The molecular formula is C35H26. The van der Waals surface area contributed by atoms with Crippen molar-refractivity contribution in [2.75, 3.05) is 0 Å². The number of fused-ring (bicyclic) bond motifs is 8. The lowest BCUT2D eigenvalue weighted by Gasteiger charge is -2.24. The summed E-state index contributed by atoms with van der Waals surface area (Å²) in [6.45, 7) is 4.78. The van der Waals surface area contributed by atoms with E-state index in [1.165, 1.54) is 66.1 Å². The van der Waals surface area contributed by atoms with Gasteiger partial charge >= 0.3 is 0 Å². The van der Waals surface area contributed by atoms with Crippen LogP contribution in [0.1, 0.15) is 25.0 Å². The third-order valence-electron chi connectivity index (χ3n) is 7.83. The molecule has 0 aliphatic heterocycles. The SMILES string of the molecule is CC1(C)c2ccccc2-c2c1c1cc(-c3ccccc3)ccc1c1ccc(-c3ccccc3)cc21. The lowest BCUT2D eigenvalue weighted by molar-refractivity contribution is 0.666. The molecule has 6 aromatic carbocycles. The van der Waals surface area contributed by atoms with E-state index >= 15 is 0 Å². The molecular weight excluding hydrogens is 420 g/mol. The van der Waals surface area contributed by atoms with Crippen LogP contribution in [0.4, 0.5) is 0 Å². The molecule has 0 amide bonds. The van der Waals surface area contributed by atoms with Crippen molar-refractivity contribution in [2.45, 2.75) is 19.3 Å². The average molecular weight is 447 g/mol. The van der Waals surface area contributed by atoms with Crippen molar-refractivity contribution in [3.05, 3.63) is 132 Å². The van der Waals surface area contributed by atoms with Crippen molar-refractivity contribution < 1.29 is 0 Å². The van der Waals surface area contributed by atoms with Gasteiger partial charge in [0.1, 0.15) is 0 Å². The maximum absolute atomic E-state index is 2.42. The van der Waals surface area contributed by atoms with E-state index in [1.54, 1.807) is 0 Å². The molecule has 0 heterocycles. The van der Waals surface area contributed by atoms with Crippen molar-refractivity contribution in [2.24, 2.45) is 0 Å². The van der Waals surface area contributed by atoms with Gasteiger partial charge in [0, 0.05) is 5.41 Å². The van der Waals surface area contributed by atoms with E-state index < -0.39 is 0 Å². The highest BCUT2D eigenvalue weighted by atomic mass is 14.4. The molecule has 6 aromatic rings. The van der Waals surface area contributed by atoms with Crippen LogP contribution in [0, 0.1) is 0 Å². The molecule has 166 valence electrons.